The summed E-state index contributed by atoms with van der Waals surface area (Å²) in [6.07, 6.45) is 2.60. The molecule has 2 nitrogen and oxygen atoms in total. The SMILES string of the molecule is O=C(c1ccc(OC2CC2)cc1)c1cccc(Br)c1Cl. The number of carbonyl (C=O) groups is 1. The van der Waals surface area contributed by atoms with Crippen molar-refractivity contribution in [2.24, 2.45) is 0 Å². The number of rotatable bonds is 4. The van der Waals surface area contributed by atoms with Gasteiger partial charge in [0.2, 0.25) is 0 Å². The van der Waals surface area contributed by atoms with Crippen LogP contribution in [0.2, 0.25) is 5.02 Å². The van der Waals surface area contributed by atoms with Crippen molar-refractivity contribution in [1.82, 2.24) is 0 Å². The molecule has 102 valence electrons. The lowest BCUT2D eigenvalue weighted by atomic mass is 10.0. The second-order valence-corrected chi connectivity index (χ2v) is 6.00. The normalized spacial score (nSPS) is 14.1. The molecule has 0 aliphatic heterocycles. The summed E-state index contributed by atoms with van der Waals surface area (Å²) < 4.78 is 6.38. The van der Waals surface area contributed by atoms with Crippen molar-refractivity contribution in [3.8, 4) is 5.75 Å². The van der Waals surface area contributed by atoms with Gasteiger partial charge in [-0.3, -0.25) is 4.79 Å². The van der Waals surface area contributed by atoms with E-state index in [0.29, 0.717) is 22.3 Å². The summed E-state index contributed by atoms with van der Waals surface area (Å²) in [5, 5.41) is 0.441. The summed E-state index contributed by atoms with van der Waals surface area (Å²) in [5.41, 5.74) is 1.10. The Morgan fingerprint density at radius 1 is 1.15 bits per heavy atom. The molecule has 1 saturated carbocycles. The van der Waals surface area contributed by atoms with Crippen LogP contribution in [0.4, 0.5) is 0 Å². The highest BCUT2D eigenvalue weighted by Gasteiger charge is 2.23. The molecule has 20 heavy (non-hydrogen) atoms. The zero-order chi connectivity index (χ0) is 14.1. The molecule has 0 amide bonds. The Balaban J connectivity index is 1.84. The van der Waals surface area contributed by atoms with E-state index < -0.39 is 0 Å². The van der Waals surface area contributed by atoms with Crippen LogP contribution in [0.1, 0.15) is 28.8 Å². The van der Waals surface area contributed by atoms with E-state index in [9.17, 15) is 4.79 Å². The first-order valence-electron chi connectivity index (χ1n) is 6.40. The van der Waals surface area contributed by atoms with E-state index in [2.05, 4.69) is 15.9 Å². The maximum atomic E-state index is 12.4. The Morgan fingerprint density at radius 3 is 2.50 bits per heavy atom. The second kappa shape index (κ2) is 5.58. The monoisotopic (exact) mass is 350 g/mol. The third-order valence-electron chi connectivity index (χ3n) is 3.14. The Kier molecular flexibility index (Phi) is 3.81. The third-order valence-corrected chi connectivity index (χ3v) is 4.44. The molecule has 0 atom stereocenters. The number of hydrogen-bond donors (Lipinski definition) is 0. The van der Waals surface area contributed by atoms with Gasteiger partial charge in [0.1, 0.15) is 5.75 Å². The molecule has 0 heterocycles. The van der Waals surface area contributed by atoms with Crippen LogP contribution in [0.25, 0.3) is 0 Å². The fraction of sp³-hybridized carbons (Fsp3) is 0.188. The van der Waals surface area contributed by atoms with E-state index in [1.165, 1.54) is 0 Å². The van der Waals surface area contributed by atoms with E-state index in [-0.39, 0.29) is 5.78 Å². The molecule has 3 rings (SSSR count). The van der Waals surface area contributed by atoms with Gasteiger partial charge in [0, 0.05) is 15.6 Å². The van der Waals surface area contributed by atoms with Crippen LogP contribution < -0.4 is 4.74 Å². The number of ketones is 1. The first kappa shape index (κ1) is 13.7. The van der Waals surface area contributed by atoms with Gasteiger partial charge >= 0.3 is 0 Å². The van der Waals surface area contributed by atoms with Gasteiger partial charge < -0.3 is 4.74 Å². The zero-order valence-corrected chi connectivity index (χ0v) is 12.9. The minimum absolute atomic E-state index is 0.0886. The van der Waals surface area contributed by atoms with Crippen LogP contribution in [0.15, 0.2) is 46.9 Å². The third kappa shape index (κ3) is 2.89. The minimum Gasteiger partial charge on any atom is -0.490 e. The molecule has 0 unspecified atom stereocenters. The molecule has 0 radical (unpaired) electrons. The molecule has 0 spiro atoms. The van der Waals surface area contributed by atoms with E-state index in [0.717, 1.165) is 23.1 Å². The fourth-order valence-corrected chi connectivity index (χ4v) is 2.48. The highest BCUT2D eigenvalue weighted by Crippen LogP contribution is 2.29. The standard InChI is InChI=1S/C16H12BrClO2/c17-14-3-1-2-13(15(14)18)16(19)10-4-6-11(7-5-10)20-12-8-9-12/h1-7,12H,8-9H2. The predicted molar refractivity (Wildman–Crippen MR) is 82.7 cm³/mol. The lowest BCUT2D eigenvalue weighted by Crippen LogP contribution is -2.03. The van der Waals surface area contributed by atoms with Gasteiger partial charge in [0.05, 0.1) is 11.1 Å². The molecule has 2 aromatic carbocycles. The topological polar surface area (TPSA) is 26.3 Å². The van der Waals surface area contributed by atoms with Crippen molar-refractivity contribution in [2.75, 3.05) is 0 Å². The van der Waals surface area contributed by atoms with E-state index in [4.69, 9.17) is 16.3 Å². The maximum Gasteiger partial charge on any atom is 0.194 e. The first-order valence-corrected chi connectivity index (χ1v) is 7.57. The van der Waals surface area contributed by atoms with E-state index in [1.807, 2.05) is 18.2 Å². The average Bonchev–Trinajstić information content (AvgIpc) is 3.26. The summed E-state index contributed by atoms with van der Waals surface area (Å²) in [6.45, 7) is 0. The van der Waals surface area contributed by atoms with Crippen molar-refractivity contribution in [3.63, 3.8) is 0 Å². The highest BCUT2D eigenvalue weighted by atomic mass is 79.9. The van der Waals surface area contributed by atoms with Crippen LogP contribution >= 0.6 is 27.5 Å². The molecular formula is C16H12BrClO2. The fourth-order valence-electron chi connectivity index (χ4n) is 1.90. The summed E-state index contributed by atoms with van der Waals surface area (Å²) in [7, 11) is 0. The first-order chi connectivity index (χ1) is 9.65. The van der Waals surface area contributed by atoms with Gasteiger partial charge in [-0.25, -0.2) is 0 Å². The van der Waals surface area contributed by atoms with Crippen LogP contribution in [0.5, 0.6) is 5.75 Å². The number of halogens is 2. The number of benzene rings is 2. The molecular weight excluding hydrogens is 340 g/mol. The molecule has 1 aliphatic rings. The van der Waals surface area contributed by atoms with E-state index >= 15 is 0 Å². The molecule has 0 saturated heterocycles. The van der Waals surface area contributed by atoms with Crippen molar-refractivity contribution >= 4 is 33.3 Å². The number of ether oxygens (including phenoxy) is 1. The van der Waals surface area contributed by atoms with Crippen molar-refractivity contribution in [2.45, 2.75) is 18.9 Å². The van der Waals surface area contributed by atoms with Crippen LogP contribution in [0.3, 0.4) is 0 Å². The molecule has 0 aromatic heterocycles. The van der Waals surface area contributed by atoms with Crippen molar-refractivity contribution < 1.29 is 9.53 Å². The number of carbonyl (C=O) groups excluding carboxylic acids is 1. The zero-order valence-electron chi connectivity index (χ0n) is 10.6. The Hall–Kier alpha value is -1.32. The van der Waals surface area contributed by atoms with Crippen LogP contribution in [-0.4, -0.2) is 11.9 Å². The van der Waals surface area contributed by atoms with Gasteiger partial charge in [-0.2, -0.15) is 0 Å². The molecule has 1 fully saturated rings. The summed E-state index contributed by atoms with van der Waals surface area (Å²) >= 11 is 9.48. The average molecular weight is 352 g/mol. The Labute approximate surface area is 130 Å². The molecule has 4 heteroatoms. The predicted octanol–water partition coefficient (Wildman–Crippen LogP) is 4.87. The Bertz CT molecular complexity index is 648. The summed E-state index contributed by atoms with van der Waals surface area (Å²) in [5.74, 6) is 0.721. The second-order valence-electron chi connectivity index (χ2n) is 4.77. The highest BCUT2D eigenvalue weighted by molar-refractivity contribution is 9.10. The van der Waals surface area contributed by atoms with Crippen molar-refractivity contribution in [1.29, 1.82) is 0 Å². The van der Waals surface area contributed by atoms with Crippen LogP contribution in [0, 0.1) is 0 Å². The summed E-state index contributed by atoms with van der Waals surface area (Å²) in [4.78, 5) is 12.4. The largest absolute Gasteiger partial charge is 0.490 e. The van der Waals surface area contributed by atoms with Crippen molar-refractivity contribution in [3.05, 3.63) is 63.1 Å². The smallest absolute Gasteiger partial charge is 0.194 e. The quantitative estimate of drug-likeness (QED) is 0.734. The molecule has 0 bridgehead atoms. The maximum absolute atomic E-state index is 12.4. The van der Waals surface area contributed by atoms with Gasteiger partial charge in [0.15, 0.2) is 5.78 Å². The minimum atomic E-state index is -0.0886. The molecule has 0 N–H and O–H groups in total. The van der Waals surface area contributed by atoms with Gasteiger partial charge in [-0.1, -0.05) is 17.7 Å². The summed E-state index contributed by atoms with van der Waals surface area (Å²) in [6, 6.07) is 12.5. The lowest BCUT2D eigenvalue weighted by Gasteiger charge is -2.07. The van der Waals surface area contributed by atoms with Gasteiger partial charge in [-0.15, -0.1) is 0 Å². The number of hydrogen-bond acceptors (Lipinski definition) is 2. The Morgan fingerprint density at radius 2 is 1.85 bits per heavy atom. The van der Waals surface area contributed by atoms with Crippen LogP contribution in [-0.2, 0) is 0 Å². The molecule has 1 aliphatic carbocycles. The van der Waals surface area contributed by atoms with Gasteiger partial charge in [0.25, 0.3) is 0 Å². The molecule has 2 aromatic rings. The van der Waals surface area contributed by atoms with E-state index in [1.54, 1.807) is 24.3 Å². The van der Waals surface area contributed by atoms with Gasteiger partial charge in [-0.05, 0) is 65.2 Å². The lowest BCUT2D eigenvalue weighted by molar-refractivity contribution is 0.103.